The zero-order valence-electron chi connectivity index (χ0n) is 19.9. The van der Waals surface area contributed by atoms with Crippen LogP contribution in [0.3, 0.4) is 0 Å². The molecule has 0 atom stereocenters. The molecule has 0 spiro atoms. The van der Waals surface area contributed by atoms with Crippen molar-refractivity contribution in [2.75, 3.05) is 27.8 Å². The van der Waals surface area contributed by atoms with E-state index in [-0.39, 0.29) is 29.4 Å². The number of anilines is 3. The first-order chi connectivity index (χ1) is 16.9. The van der Waals surface area contributed by atoms with Crippen LogP contribution in [0.5, 0.6) is 0 Å². The highest BCUT2D eigenvalue weighted by Gasteiger charge is 2.24. The van der Waals surface area contributed by atoms with Crippen molar-refractivity contribution in [3.05, 3.63) is 83.9 Å². The lowest BCUT2D eigenvalue weighted by atomic mass is 10.1. The zero-order chi connectivity index (χ0) is 24.8. The molecule has 3 aromatic carbocycles. The maximum atomic E-state index is 13.0. The predicted molar refractivity (Wildman–Crippen MR) is 142 cm³/mol. The molecule has 3 amide bonds. The molecular weight excluding hydrogens is 458 g/mol. The highest BCUT2D eigenvalue weighted by atomic mass is 32.2. The quantitative estimate of drug-likeness (QED) is 0.405. The van der Waals surface area contributed by atoms with Gasteiger partial charge in [0.15, 0.2) is 0 Å². The first kappa shape index (κ1) is 24.5. The number of nitrogens with one attached hydrogen (secondary N) is 2. The van der Waals surface area contributed by atoms with Crippen molar-refractivity contribution < 1.29 is 14.4 Å². The number of hydrogen-bond acceptors (Lipinski definition) is 4. The molecule has 0 fully saturated rings. The van der Waals surface area contributed by atoms with Crippen LogP contribution < -0.4 is 15.5 Å². The summed E-state index contributed by atoms with van der Waals surface area (Å²) in [6.07, 6.45) is 1.32. The number of amides is 3. The molecule has 4 rings (SSSR count). The van der Waals surface area contributed by atoms with Gasteiger partial charge in [0, 0.05) is 34.9 Å². The minimum absolute atomic E-state index is 0.0327. The lowest BCUT2D eigenvalue weighted by molar-refractivity contribution is -0.117. The fourth-order valence-electron chi connectivity index (χ4n) is 4.01. The van der Waals surface area contributed by atoms with E-state index in [2.05, 4.69) is 16.7 Å². The maximum absolute atomic E-state index is 13.0. The molecule has 1 aliphatic heterocycles. The Balaban J connectivity index is 1.37. The molecule has 2 N–H and O–H groups in total. The third-order valence-electron chi connectivity index (χ3n) is 5.69. The Morgan fingerprint density at radius 1 is 0.886 bits per heavy atom. The van der Waals surface area contributed by atoms with Crippen LogP contribution in [0.2, 0.25) is 0 Å². The number of carbonyl (C=O) groups excluding carboxylic acids is 3. The largest absolute Gasteiger partial charge is 0.326 e. The van der Waals surface area contributed by atoms with Crippen LogP contribution in [0.1, 0.15) is 36.2 Å². The summed E-state index contributed by atoms with van der Waals surface area (Å²) in [4.78, 5) is 40.4. The zero-order valence-corrected chi connectivity index (χ0v) is 20.7. The van der Waals surface area contributed by atoms with E-state index in [9.17, 15) is 14.4 Å². The molecule has 180 valence electrons. The Labute approximate surface area is 210 Å². The second-order valence-corrected chi connectivity index (χ2v) is 9.90. The summed E-state index contributed by atoms with van der Waals surface area (Å²) in [7, 11) is 0. The summed E-state index contributed by atoms with van der Waals surface area (Å²) >= 11 is 1.37. The minimum atomic E-state index is -0.247. The Kier molecular flexibility index (Phi) is 7.87. The Morgan fingerprint density at radius 3 is 2.29 bits per heavy atom. The van der Waals surface area contributed by atoms with Crippen molar-refractivity contribution in [3.63, 3.8) is 0 Å². The SMILES string of the molecule is CC(C)CC(=O)Nc1ccc(NC(=O)c2ccccc2SCC(=O)N2CCc3ccccc32)cc1. The van der Waals surface area contributed by atoms with Crippen molar-refractivity contribution in [1.82, 2.24) is 0 Å². The smallest absolute Gasteiger partial charge is 0.256 e. The van der Waals surface area contributed by atoms with E-state index >= 15 is 0 Å². The van der Waals surface area contributed by atoms with Gasteiger partial charge < -0.3 is 15.5 Å². The van der Waals surface area contributed by atoms with Crippen molar-refractivity contribution in [3.8, 4) is 0 Å². The third kappa shape index (κ3) is 6.31. The van der Waals surface area contributed by atoms with E-state index in [0.29, 0.717) is 29.9 Å². The average molecular weight is 488 g/mol. The van der Waals surface area contributed by atoms with E-state index in [1.165, 1.54) is 17.3 Å². The predicted octanol–water partition coefficient (Wildman–Crippen LogP) is 5.60. The van der Waals surface area contributed by atoms with Crippen LogP contribution >= 0.6 is 11.8 Å². The molecule has 0 aliphatic carbocycles. The molecule has 3 aromatic rings. The molecule has 0 unspecified atom stereocenters. The second kappa shape index (κ2) is 11.2. The summed E-state index contributed by atoms with van der Waals surface area (Å²) in [6, 6.07) is 22.3. The molecule has 0 saturated heterocycles. The molecule has 1 heterocycles. The molecule has 0 aromatic heterocycles. The summed E-state index contributed by atoms with van der Waals surface area (Å²) < 4.78 is 0. The average Bonchev–Trinajstić information content (AvgIpc) is 3.28. The summed E-state index contributed by atoms with van der Waals surface area (Å²) in [5.41, 5.74) is 4.00. The Morgan fingerprint density at radius 2 is 1.54 bits per heavy atom. The van der Waals surface area contributed by atoms with Crippen molar-refractivity contribution in [2.24, 2.45) is 5.92 Å². The normalized spacial score (nSPS) is 12.4. The number of nitrogens with zero attached hydrogens (tertiary/aromatic N) is 1. The summed E-state index contributed by atoms with van der Waals surface area (Å²) in [5.74, 6) is 0.292. The van der Waals surface area contributed by atoms with Gasteiger partial charge in [-0.05, 0) is 60.4 Å². The number of carbonyl (C=O) groups is 3. The first-order valence-corrected chi connectivity index (χ1v) is 12.7. The van der Waals surface area contributed by atoms with Gasteiger partial charge in [-0.3, -0.25) is 14.4 Å². The molecular formula is C28H29N3O3S. The molecule has 0 radical (unpaired) electrons. The highest BCUT2D eigenvalue weighted by Crippen LogP contribution is 2.30. The van der Waals surface area contributed by atoms with E-state index in [0.717, 1.165) is 17.0 Å². The van der Waals surface area contributed by atoms with Crippen LogP contribution in [0, 0.1) is 5.92 Å². The van der Waals surface area contributed by atoms with E-state index in [1.54, 1.807) is 30.3 Å². The summed E-state index contributed by atoms with van der Waals surface area (Å²) in [5, 5.41) is 5.77. The Hall–Kier alpha value is -3.58. The molecule has 6 nitrogen and oxygen atoms in total. The number of thioether (sulfide) groups is 1. The van der Waals surface area contributed by atoms with Gasteiger partial charge >= 0.3 is 0 Å². The molecule has 7 heteroatoms. The van der Waals surface area contributed by atoms with E-state index in [4.69, 9.17) is 0 Å². The van der Waals surface area contributed by atoms with Gasteiger partial charge in [-0.25, -0.2) is 0 Å². The van der Waals surface area contributed by atoms with Crippen LogP contribution in [-0.2, 0) is 16.0 Å². The van der Waals surface area contributed by atoms with Crippen molar-refractivity contribution in [1.29, 1.82) is 0 Å². The van der Waals surface area contributed by atoms with Gasteiger partial charge in [0.25, 0.3) is 5.91 Å². The van der Waals surface area contributed by atoms with Crippen LogP contribution in [-0.4, -0.2) is 30.0 Å². The van der Waals surface area contributed by atoms with Gasteiger partial charge in [-0.15, -0.1) is 11.8 Å². The van der Waals surface area contributed by atoms with Crippen LogP contribution in [0.15, 0.2) is 77.7 Å². The lowest BCUT2D eigenvalue weighted by Crippen LogP contribution is -2.30. The Bertz CT molecular complexity index is 1220. The number of fused-ring (bicyclic) bond motifs is 1. The van der Waals surface area contributed by atoms with Crippen LogP contribution in [0.4, 0.5) is 17.1 Å². The monoisotopic (exact) mass is 487 g/mol. The van der Waals surface area contributed by atoms with E-state index < -0.39 is 0 Å². The first-order valence-electron chi connectivity index (χ1n) is 11.7. The minimum Gasteiger partial charge on any atom is -0.326 e. The standard InChI is InChI=1S/C28H29N3O3S/c1-19(2)17-26(32)29-21-11-13-22(14-12-21)30-28(34)23-8-4-6-10-25(23)35-18-27(33)31-16-15-20-7-3-5-9-24(20)31/h3-14,19H,15-18H2,1-2H3,(H,29,32)(H,30,34). The van der Waals surface area contributed by atoms with Crippen LogP contribution in [0.25, 0.3) is 0 Å². The highest BCUT2D eigenvalue weighted by molar-refractivity contribution is 8.00. The topological polar surface area (TPSA) is 78.5 Å². The number of hydrogen-bond donors (Lipinski definition) is 2. The number of benzene rings is 3. The van der Waals surface area contributed by atoms with E-state index in [1.807, 2.05) is 55.1 Å². The van der Waals surface area contributed by atoms with Crippen molar-refractivity contribution in [2.45, 2.75) is 31.6 Å². The summed E-state index contributed by atoms with van der Waals surface area (Å²) in [6.45, 7) is 4.68. The maximum Gasteiger partial charge on any atom is 0.256 e. The molecule has 0 saturated carbocycles. The lowest BCUT2D eigenvalue weighted by Gasteiger charge is -2.17. The molecule has 0 bridgehead atoms. The fourth-order valence-corrected chi connectivity index (χ4v) is 4.94. The molecule has 1 aliphatic rings. The second-order valence-electron chi connectivity index (χ2n) is 8.89. The fraction of sp³-hybridized carbons (Fsp3) is 0.250. The van der Waals surface area contributed by atoms with Gasteiger partial charge in [0.1, 0.15) is 0 Å². The van der Waals surface area contributed by atoms with Crippen molar-refractivity contribution >= 4 is 46.5 Å². The van der Waals surface area contributed by atoms with Gasteiger partial charge in [0.2, 0.25) is 11.8 Å². The van der Waals surface area contributed by atoms with Gasteiger partial charge in [-0.1, -0.05) is 44.2 Å². The molecule has 35 heavy (non-hydrogen) atoms. The number of rotatable bonds is 8. The number of para-hydroxylation sites is 1. The third-order valence-corrected chi connectivity index (χ3v) is 6.75. The van der Waals surface area contributed by atoms with Gasteiger partial charge in [0.05, 0.1) is 11.3 Å². The van der Waals surface area contributed by atoms with Gasteiger partial charge in [-0.2, -0.15) is 0 Å².